The summed E-state index contributed by atoms with van der Waals surface area (Å²) in [7, 11) is 0. The van der Waals surface area contributed by atoms with E-state index in [0.29, 0.717) is 32.4 Å². The van der Waals surface area contributed by atoms with Gasteiger partial charge in [0.25, 0.3) is 0 Å². The molecule has 37 heavy (non-hydrogen) atoms. The smallest absolute Gasteiger partial charge is 0.243 e. The van der Waals surface area contributed by atoms with Crippen LogP contribution < -0.4 is 10.1 Å². The second-order valence-electron chi connectivity index (χ2n) is 9.74. The van der Waals surface area contributed by atoms with Crippen molar-refractivity contribution in [1.82, 2.24) is 10.2 Å². The largest absolute Gasteiger partial charge is 0.494 e. The molecule has 0 fully saturated rings. The molecule has 5 heteroatoms. The fourth-order valence-corrected chi connectivity index (χ4v) is 4.16. The number of hydrogen-bond acceptors (Lipinski definition) is 3. The lowest BCUT2D eigenvalue weighted by atomic mass is 10.0. The molecule has 2 atom stereocenters. The predicted octanol–water partition coefficient (Wildman–Crippen LogP) is 6.02. The SMILES string of the molecule is CC[C@@H](C)NC(=O)[C@H](Cc1ccccc1)N(Cc1ccccc1C)C(=O)CCCOc1ccc(C)cc1. The average molecular weight is 501 g/mol. The van der Waals surface area contributed by atoms with Gasteiger partial charge in [-0.2, -0.15) is 0 Å². The lowest BCUT2D eigenvalue weighted by molar-refractivity contribution is -0.141. The van der Waals surface area contributed by atoms with Crippen LogP contribution in [0.3, 0.4) is 0 Å². The van der Waals surface area contributed by atoms with Gasteiger partial charge in [0.15, 0.2) is 0 Å². The summed E-state index contributed by atoms with van der Waals surface area (Å²) in [6.45, 7) is 8.94. The molecule has 196 valence electrons. The van der Waals surface area contributed by atoms with Gasteiger partial charge in [-0.15, -0.1) is 0 Å². The molecule has 0 saturated carbocycles. The van der Waals surface area contributed by atoms with E-state index >= 15 is 0 Å². The van der Waals surface area contributed by atoms with Crippen molar-refractivity contribution in [1.29, 1.82) is 0 Å². The topological polar surface area (TPSA) is 58.6 Å². The predicted molar refractivity (Wildman–Crippen MR) is 149 cm³/mol. The minimum absolute atomic E-state index is 0.0316. The summed E-state index contributed by atoms with van der Waals surface area (Å²) in [6, 6.07) is 25.3. The molecule has 0 spiro atoms. The number of nitrogens with one attached hydrogen (secondary N) is 1. The van der Waals surface area contributed by atoms with E-state index in [-0.39, 0.29) is 17.9 Å². The molecular formula is C32H40N2O3. The molecule has 0 saturated heterocycles. The van der Waals surface area contributed by atoms with Gasteiger partial charge in [0, 0.05) is 25.4 Å². The van der Waals surface area contributed by atoms with Crippen LogP contribution in [0.1, 0.15) is 55.4 Å². The molecule has 2 amide bonds. The minimum atomic E-state index is -0.610. The zero-order valence-electron chi connectivity index (χ0n) is 22.6. The summed E-state index contributed by atoms with van der Waals surface area (Å²) < 4.78 is 5.85. The maximum atomic E-state index is 13.7. The van der Waals surface area contributed by atoms with Gasteiger partial charge in [-0.25, -0.2) is 0 Å². The molecule has 3 aromatic rings. The number of benzene rings is 3. The summed E-state index contributed by atoms with van der Waals surface area (Å²) in [5.41, 5.74) is 4.34. The Labute approximate surface area is 221 Å². The minimum Gasteiger partial charge on any atom is -0.494 e. The molecule has 0 radical (unpaired) electrons. The van der Waals surface area contributed by atoms with Gasteiger partial charge in [0.2, 0.25) is 11.8 Å². The highest BCUT2D eigenvalue weighted by Crippen LogP contribution is 2.19. The molecule has 3 rings (SSSR count). The molecule has 0 heterocycles. The Morgan fingerprint density at radius 1 is 0.919 bits per heavy atom. The third-order valence-corrected chi connectivity index (χ3v) is 6.70. The second-order valence-corrected chi connectivity index (χ2v) is 9.74. The number of rotatable bonds is 13. The molecule has 1 N–H and O–H groups in total. The van der Waals surface area contributed by atoms with Crippen LogP contribution in [0.5, 0.6) is 5.75 Å². The zero-order chi connectivity index (χ0) is 26.6. The molecule has 0 aliphatic carbocycles. The van der Waals surface area contributed by atoms with Crippen LogP contribution in [0.2, 0.25) is 0 Å². The van der Waals surface area contributed by atoms with Crippen molar-refractivity contribution in [3.05, 3.63) is 101 Å². The summed E-state index contributed by atoms with van der Waals surface area (Å²) in [6.07, 6.45) is 2.16. The molecule has 5 nitrogen and oxygen atoms in total. The number of amides is 2. The first-order chi connectivity index (χ1) is 17.9. The summed E-state index contributed by atoms with van der Waals surface area (Å²) in [5, 5.41) is 3.12. The quantitative estimate of drug-likeness (QED) is 0.292. The molecule has 3 aromatic carbocycles. The highest BCUT2D eigenvalue weighted by atomic mass is 16.5. The maximum Gasteiger partial charge on any atom is 0.243 e. The fraction of sp³-hybridized carbons (Fsp3) is 0.375. The first kappa shape index (κ1) is 28.0. The van der Waals surface area contributed by atoms with Crippen molar-refractivity contribution < 1.29 is 14.3 Å². The third kappa shape index (κ3) is 8.78. The number of nitrogens with zero attached hydrogens (tertiary/aromatic N) is 1. The highest BCUT2D eigenvalue weighted by Gasteiger charge is 2.31. The highest BCUT2D eigenvalue weighted by molar-refractivity contribution is 5.88. The van der Waals surface area contributed by atoms with Crippen LogP contribution in [0.4, 0.5) is 0 Å². The van der Waals surface area contributed by atoms with Crippen molar-refractivity contribution >= 4 is 11.8 Å². The Bertz CT molecular complexity index is 1130. The fourth-order valence-electron chi connectivity index (χ4n) is 4.16. The average Bonchev–Trinajstić information content (AvgIpc) is 2.91. The van der Waals surface area contributed by atoms with Gasteiger partial charge in [-0.05, 0) is 62.4 Å². The van der Waals surface area contributed by atoms with Gasteiger partial charge in [-0.1, -0.05) is 79.2 Å². The normalized spacial score (nSPS) is 12.4. The molecule has 0 bridgehead atoms. The Balaban J connectivity index is 1.80. The van der Waals surface area contributed by atoms with Crippen molar-refractivity contribution in [3.63, 3.8) is 0 Å². The Morgan fingerprint density at radius 3 is 2.27 bits per heavy atom. The van der Waals surface area contributed by atoms with E-state index in [1.165, 1.54) is 5.56 Å². The number of carbonyl (C=O) groups excluding carboxylic acids is 2. The van der Waals surface area contributed by atoms with Crippen LogP contribution >= 0.6 is 0 Å². The number of ether oxygens (including phenoxy) is 1. The van der Waals surface area contributed by atoms with E-state index in [1.54, 1.807) is 4.90 Å². The van der Waals surface area contributed by atoms with E-state index in [1.807, 2.05) is 107 Å². The van der Waals surface area contributed by atoms with Crippen LogP contribution in [-0.4, -0.2) is 35.4 Å². The first-order valence-electron chi connectivity index (χ1n) is 13.2. The molecule has 0 aliphatic rings. The van der Waals surface area contributed by atoms with E-state index < -0.39 is 6.04 Å². The number of hydrogen-bond donors (Lipinski definition) is 1. The van der Waals surface area contributed by atoms with Crippen molar-refractivity contribution in [2.24, 2.45) is 0 Å². The lowest BCUT2D eigenvalue weighted by Gasteiger charge is -2.33. The zero-order valence-corrected chi connectivity index (χ0v) is 22.6. The van der Waals surface area contributed by atoms with Crippen LogP contribution in [0.25, 0.3) is 0 Å². The van der Waals surface area contributed by atoms with Gasteiger partial charge in [0.05, 0.1) is 6.61 Å². The third-order valence-electron chi connectivity index (χ3n) is 6.70. The Kier molecular flexibility index (Phi) is 10.8. The van der Waals surface area contributed by atoms with Crippen molar-refractivity contribution in [3.8, 4) is 5.75 Å². The lowest BCUT2D eigenvalue weighted by Crippen LogP contribution is -2.52. The Hall–Kier alpha value is -3.60. The van der Waals surface area contributed by atoms with Crippen LogP contribution in [-0.2, 0) is 22.6 Å². The van der Waals surface area contributed by atoms with Gasteiger partial charge in [-0.3, -0.25) is 9.59 Å². The van der Waals surface area contributed by atoms with Crippen molar-refractivity contribution in [2.45, 2.75) is 72.0 Å². The second kappa shape index (κ2) is 14.2. The van der Waals surface area contributed by atoms with E-state index in [4.69, 9.17) is 4.74 Å². The first-order valence-corrected chi connectivity index (χ1v) is 13.2. The summed E-state index contributed by atoms with van der Waals surface area (Å²) >= 11 is 0. The molecular weight excluding hydrogens is 460 g/mol. The van der Waals surface area contributed by atoms with Gasteiger partial charge < -0.3 is 15.0 Å². The summed E-state index contributed by atoms with van der Waals surface area (Å²) in [5.74, 6) is 0.636. The van der Waals surface area contributed by atoms with Crippen molar-refractivity contribution in [2.75, 3.05) is 6.61 Å². The molecule has 0 unspecified atom stereocenters. The molecule has 0 aromatic heterocycles. The monoisotopic (exact) mass is 500 g/mol. The van der Waals surface area contributed by atoms with Crippen LogP contribution in [0.15, 0.2) is 78.9 Å². The molecule has 0 aliphatic heterocycles. The van der Waals surface area contributed by atoms with Gasteiger partial charge in [0.1, 0.15) is 11.8 Å². The van der Waals surface area contributed by atoms with E-state index in [0.717, 1.165) is 28.9 Å². The summed E-state index contributed by atoms with van der Waals surface area (Å²) in [4.78, 5) is 29.0. The van der Waals surface area contributed by atoms with E-state index in [2.05, 4.69) is 5.32 Å². The number of carbonyl (C=O) groups is 2. The number of aryl methyl sites for hydroxylation is 2. The van der Waals surface area contributed by atoms with Crippen LogP contribution in [0, 0.1) is 13.8 Å². The standard InChI is InChI=1S/C32H40N2O3/c1-5-26(4)33-32(36)30(22-27-13-7-6-8-14-27)34(23-28-15-10-9-12-25(28)3)31(35)16-11-21-37-29-19-17-24(2)18-20-29/h6-10,12-15,17-20,26,30H,5,11,16,21-23H2,1-4H3,(H,33,36)/t26-,30+/m1/s1. The Morgan fingerprint density at radius 2 is 1.59 bits per heavy atom. The maximum absolute atomic E-state index is 13.7. The van der Waals surface area contributed by atoms with E-state index in [9.17, 15) is 9.59 Å². The van der Waals surface area contributed by atoms with Gasteiger partial charge >= 0.3 is 0 Å².